The first-order valence-corrected chi connectivity index (χ1v) is 6.64. The fourth-order valence-electron chi connectivity index (χ4n) is 1.44. The van der Waals surface area contributed by atoms with Crippen molar-refractivity contribution in [1.29, 1.82) is 0 Å². The van der Waals surface area contributed by atoms with Crippen LogP contribution in [0.25, 0.3) is 0 Å². The zero-order valence-electron chi connectivity index (χ0n) is 12.3. The molecular weight excluding hydrogens is 218 g/mol. The molecule has 0 radical (unpaired) electrons. The number of unbranched alkanes of at least 4 members (excludes halogenated alkanes) is 1. The lowest BCUT2D eigenvalue weighted by molar-refractivity contribution is 0.767. The molecule has 0 heterocycles. The van der Waals surface area contributed by atoms with E-state index in [-0.39, 0.29) is 0 Å². The quantitative estimate of drug-likeness (QED) is 0.655. The Kier molecular flexibility index (Phi) is 9.75. The van der Waals surface area contributed by atoms with Gasteiger partial charge in [0.1, 0.15) is 0 Å². The Morgan fingerprint density at radius 2 is 1.83 bits per heavy atom. The van der Waals surface area contributed by atoms with Crippen molar-refractivity contribution >= 4 is 5.69 Å². The Morgan fingerprint density at radius 3 is 2.22 bits per heavy atom. The smallest absolute Gasteiger partial charge is 0.0363 e. The lowest BCUT2D eigenvalue weighted by atomic mass is 10.2. The number of benzene rings is 1. The van der Waals surface area contributed by atoms with Crippen LogP contribution >= 0.6 is 0 Å². The highest BCUT2D eigenvalue weighted by Gasteiger charge is 1.96. The second kappa shape index (κ2) is 10.6. The van der Waals surface area contributed by atoms with Gasteiger partial charge in [-0.1, -0.05) is 55.8 Å². The van der Waals surface area contributed by atoms with E-state index in [1.54, 1.807) is 6.08 Å². The highest BCUT2D eigenvalue weighted by molar-refractivity contribution is 5.44. The zero-order valence-corrected chi connectivity index (χ0v) is 12.3. The van der Waals surface area contributed by atoms with E-state index < -0.39 is 0 Å². The van der Waals surface area contributed by atoms with E-state index in [0.717, 1.165) is 6.54 Å². The Bertz CT molecular complexity index is 334. The van der Waals surface area contributed by atoms with Gasteiger partial charge in [0.2, 0.25) is 0 Å². The average molecular weight is 245 g/mol. The highest BCUT2D eigenvalue weighted by Crippen LogP contribution is 2.11. The third-order valence-corrected chi connectivity index (χ3v) is 2.50. The highest BCUT2D eigenvalue weighted by atomic mass is 15.1. The summed E-state index contributed by atoms with van der Waals surface area (Å²) in [7, 11) is 2.14. The van der Waals surface area contributed by atoms with E-state index in [1.165, 1.54) is 24.1 Å². The van der Waals surface area contributed by atoms with Crippen LogP contribution in [0.2, 0.25) is 0 Å². The van der Waals surface area contributed by atoms with Crippen molar-refractivity contribution < 1.29 is 0 Å². The van der Waals surface area contributed by atoms with Crippen LogP contribution in [0.4, 0.5) is 5.69 Å². The van der Waals surface area contributed by atoms with Crippen molar-refractivity contribution in [3.63, 3.8) is 0 Å². The lowest BCUT2D eigenvalue weighted by Crippen LogP contribution is -2.17. The molecule has 0 saturated carbocycles. The number of anilines is 1. The van der Waals surface area contributed by atoms with Gasteiger partial charge < -0.3 is 4.90 Å². The lowest BCUT2D eigenvalue weighted by Gasteiger charge is -2.18. The third-order valence-electron chi connectivity index (χ3n) is 2.50. The number of hydrogen-bond acceptors (Lipinski definition) is 1. The van der Waals surface area contributed by atoms with Crippen molar-refractivity contribution in [2.45, 2.75) is 33.6 Å². The molecule has 0 atom stereocenters. The van der Waals surface area contributed by atoms with Gasteiger partial charge in [0, 0.05) is 19.3 Å². The number of allylic oxidation sites excluding steroid dienone is 3. The summed E-state index contributed by atoms with van der Waals surface area (Å²) in [5.41, 5.74) is 2.61. The molecule has 1 heteroatoms. The average Bonchev–Trinajstić information content (AvgIpc) is 2.37. The van der Waals surface area contributed by atoms with E-state index in [0.29, 0.717) is 0 Å². The fraction of sp³-hybridized carbons (Fsp3) is 0.412. The molecule has 0 saturated heterocycles. The van der Waals surface area contributed by atoms with Crippen LogP contribution < -0.4 is 4.90 Å². The minimum absolute atomic E-state index is 1.15. The normalized spacial score (nSPS) is 8.89. The summed E-state index contributed by atoms with van der Waals surface area (Å²) in [4.78, 5) is 2.30. The number of rotatable bonds is 5. The van der Waals surface area contributed by atoms with Gasteiger partial charge in [0.25, 0.3) is 0 Å². The predicted octanol–water partition coefficient (Wildman–Crippen LogP) is 5.06. The Hall–Kier alpha value is -1.50. The van der Waals surface area contributed by atoms with Crippen LogP contribution in [-0.2, 0) is 0 Å². The summed E-state index contributed by atoms with van der Waals surface area (Å²) in [5, 5.41) is 0. The van der Waals surface area contributed by atoms with Crippen molar-refractivity contribution in [3.8, 4) is 0 Å². The third kappa shape index (κ3) is 8.63. The maximum Gasteiger partial charge on any atom is 0.0363 e. The SMILES string of the molecule is C=CC=C(C)C.CCCCN(C)c1ccccc1. The summed E-state index contributed by atoms with van der Waals surface area (Å²) in [6, 6.07) is 10.5. The van der Waals surface area contributed by atoms with E-state index in [4.69, 9.17) is 0 Å². The minimum atomic E-state index is 1.15. The first-order chi connectivity index (χ1) is 8.61. The van der Waals surface area contributed by atoms with Crippen molar-refractivity contribution in [2.24, 2.45) is 0 Å². The Morgan fingerprint density at radius 1 is 1.22 bits per heavy atom. The molecule has 0 aliphatic heterocycles. The van der Waals surface area contributed by atoms with E-state index in [9.17, 15) is 0 Å². The molecule has 100 valence electrons. The monoisotopic (exact) mass is 245 g/mol. The van der Waals surface area contributed by atoms with Gasteiger partial charge >= 0.3 is 0 Å². The molecular formula is C17H27N. The molecule has 18 heavy (non-hydrogen) atoms. The van der Waals surface area contributed by atoms with E-state index in [1.807, 2.05) is 19.9 Å². The fourth-order valence-corrected chi connectivity index (χ4v) is 1.44. The van der Waals surface area contributed by atoms with Crippen LogP contribution in [0.15, 0.2) is 54.6 Å². The number of hydrogen-bond donors (Lipinski definition) is 0. The van der Waals surface area contributed by atoms with E-state index >= 15 is 0 Å². The second-order valence-electron chi connectivity index (χ2n) is 4.59. The van der Waals surface area contributed by atoms with Gasteiger partial charge in [-0.25, -0.2) is 0 Å². The molecule has 1 rings (SSSR count). The number of nitrogens with zero attached hydrogens (tertiary/aromatic N) is 1. The van der Waals surface area contributed by atoms with Crippen LogP contribution in [0.1, 0.15) is 33.6 Å². The molecule has 0 fully saturated rings. The summed E-state index contributed by atoms with van der Waals surface area (Å²) < 4.78 is 0. The maximum atomic E-state index is 3.52. The molecule has 1 aromatic carbocycles. The van der Waals surface area contributed by atoms with Gasteiger partial charge in [-0.2, -0.15) is 0 Å². The van der Waals surface area contributed by atoms with Crippen molar-refractivity contribution in [1.82, 2.24) is 0 Å². The van der Waals surface area contributed by atoms with Gasteiger partial charge in [-0.3, -0.25) is 0 Å². The number of para-hydroxylation sites is 1. The summed E-state index contributed by atoms with van der Waals surface area (Å²) >= 11 is 0. The molecule has 0 aliphatic rings. The van der Waals surface area contributed by atoms with Gasteiger partial charge in [0.05, 0.1) is 0 Å². The largest absolute Gasteiger partial charge is 0.375 e. The predicted molar refractivity (Wildman–Crippen MR) is 84.2 cm³/mol. The molecule has 0 N–H and O–H groups in total. The standard InChI is InChI=1S/C11H17N.C6H10/c1-3-4-10-12(2)11-8-6-5-7-9-11;1-4-5-6(2)3/h5-9H,3-4,10H2,1-2H3;4-5H,1H2,2-3H3. The zero-order chi connectivity index (χ0) is 13.8. The van der Waals surface area contributed by atoms with Crippen molar-refractivity contribution in [3.05, 3.63) is 54.6 Å². The molecule has 0 spiro atoms. The first-order valence-electron chi connectivity index (χ1n) is 6.64. The van der Waals surface area contributed by atoms with Crippen molar-refractivity contribution in [2.75, 3.05) is 18.5 Å². The van der Waals surface area contributed by atoms with E-state index in [2.05, 4.69) is 55.8 Å². The van der Waals surface area contributed by atoms with Crippen LogP contribution in [0, 0.1) is 0 Å². The Labute approximate surface area is 113 Å². The molecule has 0 aliphatic carbocycles. The second-order valence-corrected chi connectivity index (χ2v) is 4.59. The van der Waals surface area contributed by atoms with Crippen LogP contribution in [0.5, 0.6) is 0 Å². The molecule has 0 unspecified atom stereocenters. The van der Waals surface area contributed by atoms with Crippen LogP contribution in [-0.4, -0.2) is 13.6 Å². The minimum Gasteiger partial charge on any atom is -0.375 e. The molecule has 1 aromatic rings. The first kappa shape index (κ1) is 16.5. The summed E-state index contributed by atoms with van der Waals surface area (Å²) in [6.07, 6.45) is 6.29. The molecule has 0 bridgehead atoms. The Balaban J connectivity index is 0.000000411. The summed E-state index contributed by atoms with van der Waals surface area (Å²) in [5.74, 6) is 0. The molecule has 0 aromatic heterocycles. The molecule has 0 amide bonds. The molecule has 1 nitrogen and oxygen atoms in total. The summed E-state index contributed by atoms with van der Waals surface area (Å²) in [6.45, 7) is 11.0. The topological polar surface area (TPSA) is 3.24 Å². The van der Waals surface area contributed by atoms with Crippen LogP contribution in [0.3, 0.4) is 0 Å². The maximum absolute atomic E-state index is 3.52. The van der Waals surface area contributed by atoms with Gasteiger partial charge in [-0.15, -0.1) is 0 Å². The van der Waals surface area contributed by atoms with Gasteiger partial charge in [-0.05, 0) is 32.4 Å². The van der Waals surface area contributed by atoms with Gasteiger partial charge in [0.15, 0.2) is 0 Å².